The molecule has 0 aliphatic carbocycles. The average molecular weight is 350 g/mol. The van der Waals surface area contributed by atoms with Gasteiger partial charge in [-0.2, -0.15) is 0 Å². The molecule has 3 rings (SSSR count). The topological polar surface area (TPSA) is 47.3 Å². The maximum Gasteiger partial charge on any atom is 0.150 e. The van der Waals surface area contributed by atoms with E-state index in [0.29, 0.717) is 13.0 Å². The number of imidazole rings is 1. The van der Waals surface area contributed by atoms with Gasteiger partial charge >= 0.3 is 0 Å². The van der Waals surface area contributed by atoms with Crippen LogP contribution in [-0.2, 0) is 5.72 Å². The van der Waals surface area contributed by atoms with Crippen molar-refractivity contribution in [1.82, 2.24) is 9.55 Å². The van der Waals surface area contributed by atoms with Crippen LogP contribution in [0.25, 0.3) is 11.1 Å². The average Bonchev–Trinajstić information content (AvgIpc) is 3.17. The molecule has 26 heavy (non-hydrogen) atoms. The minimum Gasteiger partial charge on any atom is -0.493 e. The van der Waals surface area contributed by atoms with Crippen LogP contribution in [0.3, 0.4) is 0 Å². The van der Waals surface area contributed by atoms with Crippen LogP contribution >= 0.6 is 0 Å². The molecule has 1 unspecified atom stereocenters. The number of ether oxygens (including phenoxy) is 1. The summed E-state index contributed by atoms with van der Waals surface area (Å²) < 4.78 is 7.65. The van der Waals surface area contributed by atoms with Crippen LogP contribution in [0.15, 0.2) is 73.3 Å². The van der Waals surface area contributed by atoms with Crippen molar-refractivity contribution >= 4 is 0 Å². The van der Waals surface area contributed by atoms with Crippen molar-refractivity contribution in [3.8, 4) is 16.9 Å². The standard InChI is InChI=1S/C22H26N2O2/c1-21(2,3)22(25,24-15-14-23-17-24)13-16-26-20-11-9-19(10-12-20)18-7-5-4-6-8-18/h4-12,14-15,17,25H,13,16H2,1-3H3. The highest BCUT2D eigenvalue weighted by Crippen LogP contribution is 2.37. The van der Waals surface area contributed by atoms with E-state index in [0.717, 1.165) is 11.3 Å². The third-order valence-corrected chi connectivity index (χ3v) is 4.81. The van der Waals surface area contributed by atoms with Gasteiger partial charge in [-0.15, -0.1) is 0 Å². The van der Waals surface area contributed by atoms with Crippen molar-refractivity contribution in [2.75, 3.05) is 6.61 Å². The molecule has 0 saturated carbocycles. The zero-order valence-electron chi connectivity index (χ0n) is 15.6. The van der Waals surface area contributed by atoms with Crippen LogP contribution in [0, 0.1) is 5.41 Å². The Morgan fingerprint density at radius 3 is 2.19 bits per heavy atom. The number of nitrogens with zero attached hydrogens (tertiary/aromatic N) is 2. The molecule has 0 aliphatic rings. The Morgan fingerprint density at radius 1 is 0.962 bits per heavy atom. The summed E-state index contributed by atoms with van der Waals surface area (Å²) in [4.78, 5) is 4.07. The number of aromatic nitrogens is 2. The first-order valence-corrected chi connectivity index (χ1v) is 8.89. The van der Waals surface area contributed by atoms with Crippen LogP contribution in [-0.4, -0.2) is 21.3 Å². The van der Waals surface area contributed by atoms with Crippen LogP contribution in [0.4, 0.5) is 0 Å². The van der Waals surface area contributed by atoms with E-state index in [1.165, 1.54) is 5.56 Å². The summed E-state index contributed by atoms with van der Waals surface area (Å²) >= 11 is 0. The SMILES string of the molecule is CC(C)(C)C(O)(CCOc1ccc(-c2ccccc2)cc1)n1ccnc1. The fraction of sp³-hybridized carbons (Fsp3) is 0.318. The molecule has 0 radical (unpaired) electrons. The molecular formula is C22H26N2O2. The Hall–Kier alpha value is -2.59. The van der Waals surface area contributed by atoms with Gasteiger partial charge in [0.25, 0.3) is 0 Å². The van der Waals surface area contributed by atoms with Crippen molar-refractivity contribution in [2.24, 2.45) is 5.41 Å². The summed E-state index contributed by atoms with van der Waals surface area (Å²) in [6, 6.07) is 18.3. The van der Waals surface area contributed by atoms with Crippen LogP contribution in [0.5, 0.6) is 5.75 Å². The zero-order chi connectivity index (χ0) is 18.6. The second kappa shape index (κ2) is 7.34. The molecule has 0 saturated heterocycles. The van der Waals surface area contributed by atoms with Gasteiger partial charge in [0.15, 0.2) is 5.72 Å². The van der Waals surface area contributed by atoms with E-state index in [4.69, 9.17) is 4.74 Å². The van der Waals surface area contributed by atoms with Gasteiger partial charge in [0.05, 0.1) is 12.9 Å². The molecular weight excluding hydrogens is 324 g/mol. The summed E-state index contributed by atoms with van der Waals surface area (Å²) in [5, 5.41) is 11.2. The van der Waals surface area contributed by atoms with Gasteiger partial charge < -0.3 is 14.4 Å². The molecule has 1 aromatic heterocycles. The van der Waals surface area contributed by atoms with Gasteiger partial charge in [-0.3, -0.25) is 0 Å². The lowest BCUT2D eigenvalue weighted by Gasteiger charge is -2.41. The quantitative estimate of drug-likeness (QED) is 0.700. The largest absolute Gasteiger partial charge is 0.493 e. The van der Waals surface area contributed by atoms with Gasteiger partial charge in [0, 0.05) is 24.2 Å². The molecule has 0 fully saturated rings. The predicted molar refractivity (Wildman–Crippen MR) is 104 cm³/mol. The van der Waals surface area contributed by atoms with E-state index in [1.807, 2.05) is 51.1 Å². The summed E-state index contributed by atoms with van der Waals surface area (Å²) in [5.41, 5.74) is 0.922. The van der Waals surface area contributed by atoms with Crippen LogP contribution < -0.4 is 4.74 Å². The lowest BCUT2D eigenvalue weighted by atomic mass is 9.81. The Bertz CT molecular complexity index is 806. The number of aliphatic hydroxyl groups is 1. The molecule has 4 nitrogen and oxygen atoms in total. The van der Waals surface area contributed by atoms with Crippen molar-refractivity contribution in [1.29, 1.82) is 0 Å². The molecule has 0 spiro atoms. The molecule has 0 amide bonds. The van der Waals surface area contributed by atoms with Gasteiger partial charge in [-0.1, -0.05) is 63.2 Å². The van der Waals surface area contributed by atoms with Crippen molar-refractivity contribution in [2.45, 2.75) is 32.9 Å². The molecule has 1 atom stereocenters. The molecule has 2 aromatic carbocycles. The maximum atomic E-state index is 11.2. The molecule has 0 aliphatic heterocycles. The van der Waals surface area contributed by atoms with E-state index in [-0.39, 0.29) is 5.41 Å². The number of benzene rings is 2. The normalized spacial score (nSPS) is 14.0. The highest BCUT2D eigenvalue weighted by molar-refractivity contribution is 5.63. The lowest BCUT2D eigenvalue weighted by Crippen LogP contribution is -2.46. The van der Waals surface area contributed by atoms with E-state index in [9.17, 15) is 5.11 Å². The van der Waals surface area contributed by atoms with Crippen LogP contribution in [0.2, 0.25) is 0 Å². The van der Waals surface area contributed by atoms with Gasteiger partial charge in [-0.05, 0) is 23.3 Å². The second-order valence-electron chi connectivity index (χ2n) is 7.53. The molecule has 1 N–H and O–H groups in total. The Morgan fingerprint density at radius 2 is 1.62 bits per heavy atom. The summed E-state index contributed by atoms with van der Waals surface area (Å²) in [7, 11) is 0. The predicted octanol–water partition coefficient (Wildman–Crippen LogP) is 4.71. The molecule has 0 bridgehead atoms. The van der Waals surface area contributed by atoms with Crippen molar-refractivity contribution in [3.05, 3.63) is 73.3 Å². The fourth-order valence-electron chi connectivity index (χ4n) is 3.05. The van der Waals surface area contributed by atoms with E-state index in [2.05, 4.69) is 29.2 Å². The summed E-state index contributed by atoms with van der Waals surface area (Å²) in [6.07, 6.45) is 5.59. The lowest BCUT2D eigenvalue weighted by molar-refractivity contribution is -0.140. The fourth-order valence-corrected chi connectivity index (χ4v) is 3.05. The molecule has 4 heteroatoms. The third kappa shape index (κ3) is 3.81. The first kappa shape index (κ1) is 18.2. The van der Waals surface area contributed by atoms with Crippen molar-refractivity contribution in [3.63, 3.8) is 0 Å². The minimum absolute atomic E-state index is 0.353. The number of rotatable bonds is 6. The minimum atomic E-state index is -1.06. The highest BCUT2D eigenvalue weighted by atomic mass is 16.5. The maximum absolute atomic E-state index is 11.2. The summed E-state index contributed by atoms with van der Waals surface area (Å²) in [5.74, 6) is 0.798. The van der Waals surface area contributed by atoms with Gasteiger partial charge in [-0.25, -0.2) is 4.98 Å². The number of hydrogen-bond acceptors (Lipinski definition) is 3. The van der Waals surface area contributed by atoms with E-state index < -0.39 is 5.72 Å². The van der Waals surface area contributed by atoms with Gasteiger partial charge in [0.2, 0.25) is 0 Å². The smallest absolute Gasteiger partial charge is 0.150 e. The first-order chi connectivity index (χ1) is 12.4. The van der Waals surface area contributed by atoms with Crippen LogP contribution in [0.1, 0.15) is 27.2 Å². The summed E-state index contributed by atoms with van der Waals surface area (Å²) in [6.45, 7) is 6.46. The second-order valence-corrected chi connectivity index (χ2v) is 7.53. The first-order valence-electron chi connectivity index (χ1n) is 8.89. The molecule has 1 heterocycles. The monoisotopic (exact) mass is 350 g/mol. The van der Waals surface area contributed by atoms with Gasteiger partial charge in [0.1, 0.15) is 5.75 Å². The zero-order valence-corrected chi connectivity index (χ0v) is 15.6. The Labute approximate surface area is 155 Å². The Kier molecular flexibility index (Phi) is 5.14. The van der Waals surface area contributed by atoms with Crippen molar-refractivity contribution < 1.29 is 9.84 Å². The number of hydrogen-bond donors (Lipinski definition) is 1. The third-order valence-electron chi connectivity index (χ3n) is 4.81. The molecule has 3 aromatic rings. The molecule has 136 valence electrons. The Balaban J connectivity index is 1.65. The highest BCUT2D eigenvalue weighted by Gasteiger charge is 2.41. The van der Waals surface area contributed by atoms with E-state index >= 15 is 0 Å². The van der Waals surface area contributed by atoms with E-state index in [1.54, 1.807) is 23.3 Å².